The SMILES string of the molecule is CCCC(=O)N1c2ccccc2-c2nnc(SCC(C)C)nc2O[C@@H]1c1cccc(F)c1F. The van der Waals surface area contributed by atoms with E-state index in [-0.39, 0.29) is 23.8 Å². The van der Waals surface area contributed by atoms with Crippen LogP contribution in [0.2, 0.25) is 0 Å². The van der Waals surface area contributed by atoms with E-state index in [2.05, 4.69) is 29.0 Å². The third-order valence-electron chi connectivity index (χ3n) is 5.04. The molecule has 172 valence electrons. The van der Waals surface area contributed by atoms with Crippen molar-refractivity contribution in [3.8, 4) is 17.1 Å². The zero-order chi connectivity index (χ0) is 23.5. The van der Waals surface area contributed by atoms with Crippen LogP contribution in [0.15, 0.2) is 47.6 Å². The lowest BCUT2D eigenvalue weighted by molar-refractivity contribution is -0.120. The highest BCUT2D eigenvalue weighted by molar-refractivity contribution is 7.99. The summed E-state index contributed by atoms with van der Waals surface area (Å²) in [4.78, 5) is 19.1. The van der Waals surface area contributed by atoms with Gasteiger partial charge in [-0.3, -0.25) is 9.69 Å². The number of ether oxygens (including phenoxy) is 1. The topological polar surface area (TPSA) is 68.2 Å². The van der Waals surface area contributed by atoms with Crippen molar-refractivity contribution in [3.63, 3.8) is 0 Å². The monoisotopic (exact) mass is 470 g/mol. The lowest BCUT2D eigenvalue weighted by Gasteiger charge is -2.31. The van der Waals surface area contributed by atoms with E-state index in [0.29, 0.717) is 34.4 Å². The first kappa shape index (κ1) is 23.1. The Bertz CT molecular complexity index is 1170. The van der Waals surface area contributed by atoms with Crippen molar-refractivity contribution in [1.29, 1.82) is 0 Å². The molecule has 4 rings (SSSR count). The van der Waals surface area contributed by atoms with E-state index < -0.39 is 17.9 Å². The molecule has 1 aliphatic rings. The van der Waals surface area contributed by atoms with E-state index in [9.17, 15) is 13.6 Å². The number of para-hydroxylation sites is 1. The number of anilines is 1. The summed E-state index contributed by atoms with van der Waals surface area (Å²) in [5, 5.41) is 8.98. The number of hydrogen-bond donors (Lipinski definition) is 0. The van der Waals surface area contributed by atoms with Crippen molar-refractivity contribution in [2.24, 2.45) is 5.92 Å². The van der Waals surface area contributed by atoms with Crippen molar-refractivity contribution in [2.75, 3.05) is 10.7 Å². The number of aromatic nitrogens is 3. The van der Waals surface area contributed by atoms with Crippen molar-refractivity contribution >= 4 is 23.4 Å². The molecule has 3 aromatic rings. The van der Waals surface area contributed by atoms with E-state index in [4.69, 9.17) is 4.74 Å². The summed E-state index contributed by atoms with van der Waals surface area (Å²) >= 11 is 1.43. The summed E-state index contributed by atoms with van der Waals surface area (Å²) in [7, 11) is 0. The van der Waals surface area contributed by atoms with Gasteiger partial charge in [-0.1, -0.05) is 62.9 Å². The lowest BCUT2D eigenvalue weighted by atomic mass is 10.1. The lowest BCUT2D eigenvalue weighted by Crippen LogP contribution is -2.38. The Morgan fingerprint density at radius 1 is 1.15 bits per heavy atom. The quantitative estimate of drug-likeness (QED) is 0.425. The van der Waals surface area contributed by atoms with Crippen LogP contribution < -0.4 is 9.64 Å². The van der Waals surface area contributed by atoms with Crippen LogP contribution in [-0.4, -0.2) is 26.8 Å². The molecule has 0 aliphatic carbocycles. The van der Waals surface area contributed by atoms with Crippen LogP contribution in [-0.2, 0) is 4.79 Å². The largest absolute Gasteiger partial charge is 0.447 e. The molecular weight excluding hydrogens is 446 g/mol. The number of fused-ring (bicyclic) bond motifs is 3. The van der Waals surface area contributed by atoms with Crippen molar-refractivity contribution < 1.29 is 18.3 Å². The highest BCUT2D eigenvalue weighted by atomic mass is 32.2. The Morgan fingerprint density at radius 2 is 1.94 bits per heavy atom. The molecule has 0 saturated carbocycles. The molecule has 2 aromatic carbocycles. The Morgan fingerprint density at radius 3 is 2.70 bits per heavy atom. The molecular formula is C24H24F2N4O2S. The molecule has 1 aromatic heterocycles. The summed E-state index contributed by atoms with van der Waals surface area (Å²) in [6.07, 6.45) is -0.478. The summed E-state index contributed by atoms with van der Waals surface area (Å²) in [6, 6.07) is 10.9. The van der Waals surface area contributed by atoms with Gasteiger partial charge in [0.1, 0.15) is 0 Å². The highest BCUT2D eigenvalue weighted by Gasteiger charge is 2.37. The van der Waals surface area contributed by atoms with Crippen molar-refractivity contribution in [1.82, 2.24) is 15.2 Å². The van der Waals surface area contributed by atoms with Gasteiger partial charge in [-0.15, -0.1) is 10.2 Å². The standard InChI is InChI=1S/C24H24F2N4O2S/c1-4-8-19(31)30-18-12-6-5-9-15(18)21-22(27-24(29-28-21)33-13-14(2)3)32-23(30)16-10-7-11-17(25)20(16)26/h5-7,9-12,14,23H,4,8,13H2,1-3H3/t23-/m1/s1. The van der Waals surface area contributed by atoms with Gasteiger partial charge in [-0.2, -0.15) is 4.98 Å². The van der Waals surface area contributed by atoms with Crippen LogP contribution in [0.4, 0.5) is 14.5 Å². The summed E-state index contributed by atoms with van der Waals surface area (Å²) in [6.45, 7) is 6.04. The number of hydrogen-bond acceptors (Lipinski definition) is 6. The van der Waals surface area contributed by atoms with Crippen LogP contribution in [0.5, 0.6) is 5.88 Å². The molecule has 1 amide bonds. The number of rotatable bonds is 6. The van der Waals surface area contributed by atoms with Gasteiger partial charge in [0, 0.05) is 17.7 Å². The zero-order valence-corrected chi connectivity index (χ0v) is 19.4. The Labute approximate surface area is 195 Å². The molecule has 9 heteroatoms. The summed E-state index contributed by atoms with van der Waals surface area (Å²) in [5.41, 5.74) is 1.30. The fourth-order valence-corrected chi connectivity index (χ4v) is 4.26. The predicted octanol–water partition coefficient (Wildman–Crippen LogP) is 5.79. The minimum Gasteiger partial charge on any atom is -0.447 e. The smallest absolute Gasteiger partial charge is 0.247 e. The van der Waals surface area contributed by atoms with E-state index in [1.165, 1.54) is 28.8 Å². The second kappa shape index (κ2) is 9.82. The number of halogens is 2. The summed E-state index contributed by atoms with van der Waals surface area (Å²) in [5.74, 6) is -1.08. The highest BCUT2D eigenvalue weighted by Crippen LogP contribution is 2.44. The Balaban J connectivity index is 1.91. The van der Waals surface area contributed by atoms with Gasteiger partial charge in [-0.25, -0.2) is 8.78 Å². The molecule has 2 heterocycles. The first-order valence-electron chi connectivity index (χ1n) is 10.8. The number of carbonyl (C=O) groups excluding carboxylic acids is 1. The fraction of sp³-hybridized carbons (Fsp3) is 0.333. The maximum Gasteiger partial charge on any atom is 0.247 e. The number of nitrogens with zero attached hydrogens (tertiary/aromatic N) is 4. The second-order valence-corrected chi connectivity index (χ2v) is 9.08. The van der Waals surface area contributed by atoms with E-state index in [1.807, 2.05) is 6.92 Å². The predicted molar refractivity (Wildman–Crippen MR) is 123 cm³/mol. The van der Waals surface area contributed by atoms with Gasteiger partial charge in [0.05, 0.1) is 11.3 Å². The minimum absolute atomic E-state index is 0.0999. The maximum absolute atomic E-state index is 14.9. The normalized spacial score (nSPS) is 15.0. The van der Waals surface area contributed by atoms with Crippen LogP contribution in [0.1, 0.15) is 45.4 Å². The first-order valence-corrected chi connectivity index (χ1v) is 11.8. The number of benzene rings is 2. The van der Waals surface area contributed by atoms with E-state index in [0.717, 1.165) is 11.8 Å². The molecule has 1 atom stereocenters. The van der Waals surface area contributed by atoms with E-state index >= 15 is 0 Å². The molecule has 0 fully saturated rings. The Hall–Kier alpha value is -3.07. The van der Waals surface area contributed by atoms with Crippen LogP contribution in [0.3, 0.4) is 0 Å². The molecule has 0 saturated heterocycles. The van der Waals surface area contributed by atoms with Crippen LogP contribution in [0, 0.1) is 17.6 Å². The molecule has 33 heavy (non-hydrogen) atoms. The van der Waals surface area contributed by atoms with Crippen LogP contribution in [0.25, 0.3) is 11.3 Å². The van der Waals surface area contributed by atoms with Gasteiger partial charge in [-0.05, 0) is 24.5 Å². The van der Waals surface area contributed by atoms with Gasteiger partial charge in [0.2, 0.25) is 23.2 Å². The van der Waals surface area contributed by atoms with Gasteiger partial charge in [0.25, 0.3) is 0 Å². The fourth-order valence-electron chi connectivity index (χ4n) is 3.53. The number of thioether (sulfide) groups is 1. The van der Waals surface area contributed by atoms with Gasteiger partial charge >= 0.3 is 0 Å². The molecule has 0 spiro atoms. The van der Waals surface area contributed by atoms with Crippen LogP contribution >= 0.6 is 11.8 Å². The Kier molecular flexibility index (Phi) is 6.88. The molecule has 6 nitrogen and oxygen atoms in total. The third kappa shape index (κ3) is 4.68. The second-order valence-electron chi connectivity index (χ2n) is 8.10. The summed E-state index contributed by atoms with van der Waals surface area (Å²) < 4.78 is 35.3. The average Bonchev–Trinajstić information content (AvgIpc) is 2.94. The number of amides is 1. The molecule has 0 N–H and O–H groups in total. The minimum atomic E-state index is -1.26. The average molecular weight is 471 g/mol. The molecule has 0 bridgehead atoms. The maximum atomic E-state index is 14.9. The number of carbonyl (C=O) groups is 1. The van der Waals surface area contributed by atoms with Gasteiger partial charge in [0.15, 0.2) is 17.3 Å². The molecule has 1 aliphatic heterocycles. The molecule has 0 unspecified atom stereocenters. The van der Waals surface area contributed by atoms with E-state index in [1.54, 1.807) is 24.3 Å². The zero-order valence-electron chi connectivity index (χ0n) is 18.6. The van der Waals surface area contributed by atoms with Crippen molar-refractivity contribution in [2.45, 2.75) is 45.0 Å². The first-order chi connectivity index (χ1) is 15.9. The van der Waals surface area contributed by atoms with Crippen molar-refractivity contribution in [3.05, 3.63) is 59.7 Å². The van der Waals surface area contributed by atoms with Gasteiger partial charge < -0.3 is 4.74 Å². The molecule has 0 radical (unpaired) electrons. The third-order valence-corrected chi connectivity index (χ3v) is 6.30.